The van der Waals surface area contributed by atoms with Crippen LogP contribution in [0.2, 0.25) is 0 Å². The van der Waals surface area contributed by atoms with Crippen molar-refractivity contribution in [2.24, 2.45) is 0 Å². The third kappa shape index (κ3) is 4.65. The lowest BCUT2D eigenvalue weighted by atomic mass is 10.2. The molecule has 0 fully saturated rings. The summed E-state index contributed by atoms with van der Waals surface area (Å²) in [6.45, 7) is 8.88. The number of hydrogen-bond acceptors (Lipinski definition) is 3. The van der Waals surface area contributed by atoms with Gasteiger partial charge in [0.2, 0.25) is 0 Å². The Labute approximate surface area is 104 Å². The molecule has 0 aliphatic heterocycles. The lowest BCUT2D eigenvalue weighted by molar-refractivity contribution is 0.232. The minimum absolute atomic E-state index is 0.183. The first kappa shape index (κ1) is 13.8. The molecule has 0 radical (unpaired) electrons. The Bertz CT molecular complexity index is 348. The van der Waals surface area contributed by atoms with Gasteiger partial charge in [-0.3, -0.25) is 0 Å². The summed E-state index contributed by atoms with van der Waals surface area (Å²) in [6.07, 6.45) is 0.372. The van der Waals surface area contributed by atoms with Gasteiger partial charge in [-0.15, -0.1) is 0 Å². The smallest absolute Gasteiger partial charge is 0.124 e. The third-order valence-electron chi connectivity index (χ3n) is 2.13. The lowest BCUT2D eigenvalue weighted by Crippen LogP contribution is -2.12. The Hall–Kier alpha value is -1.22. The van der Waals surface area contributed by atoms with Gasteiger partial charge in [-0.05, 0) is 52.9 Å². The largest absolute Gasteiger partial charge is 0.491 e. The summed E-state index contributed by atoms with van der Waals surface area (Å²) in [4.78, 5) is 0. The van der Waals surface area contributed by atoms with Crippen molar-refractivity contribution in [1.29, 1.82) is 0 Å². The molecule has 0 atom stereocenters. The second-order valence-corrected chi connectivity index (χ2v) is 4.63. The van der Waals surface area contributed by atoms with Crippen LogP contribution in [0.5, 0.6) is 11.5 Å². The summed E-state index contributed by atoms with van der Waals surface area (Å²) >= 11 is 0. The van der Waals surface area contributed by atoms with Crippen LogP contribution in [0.15, 0.2) is 18.2 Å². The molecule has 1 aromatic rings. The number of nitrogens with one attached hydrogen (secondary N) is 1. The highest BCUT2D eigenvalue weighted by Gasteiger charge is 2.08. The van der Waals surface area contributed by atoms with Gasteiger partial charge in [-0.2, -0.15) is 0 Å². The van der Waals surface area contributed by atoms with E-state index in [0.29, 0.717) is 0 Å². The zero-order valence-corrected chi connectivity index (χ0v) is 11.4. The molecule has 0 saturated carbocycles. The summed E-state index contributed by atoms with van der Waals surface area (Å²) in [5.41, 5.74) is 1.12. The van der Waals surface area contributed by atoms with E-state index in [4.69, 9.17) is 9.47 Å². The lowest BCUT2D eigenvalue weighted by Gasteiger charge is -2.16. The molecule has 0 amide bonds. The van der Waals surface area contributed by atoms with Gasteiger partial charge in [0, 0.05) is 12.1 Å². The van der Waals surface area contributed by atoms with Gasteiger partial charge in [0.05, 0.1) is 12.2 Å². The fourth-order valence-electron chi connectivity index (χ4n) is 1.60. The first-order valence-electron chi connectivity index (χ1n) is 6.13. The van der Waals surface area contributed by atoms with Gasteiger partial charge < -0.3 is 14.8 Å². The van der Waals surface area contributed by atoms with Crippen LogP contribution in [0.1, 0.15) is 33.3 Å². The van der Waals surface area contributed by atoms with Gasteiger partial charge in [0.25, 0.3) is 0 Å². The minimum Gasteiger partial charge on any atom is -0.491 e. The van der Waals surface area contributed by atoms with E-state index in [9.17, 15) is 0 Å². The molecule has 0 spiro atoms. The number of hydrogen-bond donors (Lipinski definition) is 1. The molecule has 0 aliphatic rings. The van der Waals surface area contributed by atoms with E-state index in [1.807, 2.05) is 52.9 Å². The Kier molecular flexibility index (Phi) is 5.29. The molecule has 0 aromatic heterocycles. The highest BCUT2D eigenvalue weighted by Crippen LogP contribution is 2.25. The summed E-state index contributed by atoms with van der Waals surface area (Å²) in [5.74, 6) is 1.81. The molecule has 1 aromatic carbocycles. The van der Waals surface area contributed by atoms with Crippen molar-refractivity contribution in [3.05, 3.63) is 23.8 Å². The Morgan fingerprint density at radius 1 is 1.06 bits per heavy atom. The number of rotatable bonds is 6. The normalized spacial score (nSPS) is 11.0. The Morgan fingerprint density at radius 3 is 2.24 bits per heavy atom. The van der Waals surface area contributed by atoms with E-state index in [0.717, 1.165) is 23.6 Å². The van der Waals surface area contributed by atoms with Crippen molar-refractivity contribution in [2.75, 3.05) is 7.05 Å². The highest BCUT2D eigenvalue weighted by molar-refractivity contribution is 5.40. The van der Waals surface area contributed by atoms with Crippen molar-refractivity contribution in [1.82, 2.24) is 5.32 Å². The van der Waals surface area contributed by atoms with Crippen LogP contribution < -0.4 is 14.8 Å². The average Bonchev–Trinajstić information content (AvgIpc) is 2.21. The van der Waals surface area contributed by atoms with E-state index in [-0.39, 0.29) is 12.2 Å². The van der Waals surface area contributed by atoms with Gasteiger partial charge in [0.1, 0.15) is 11.5 Å². The van der Waals surface area contributed by atoms with Crippen LogP contribution in [0.3, 0.4) is 0 Å². The maximum absolute atomic E-state index is 5.76. The molecule has 3 heteroatoms. The predicted octanol–water partition coefficient (Wildman–Crippen LogP) is 2.98. The molecule has 0 heterocycles. The maximum Gasteiger partial charge on any atom is 0.124 e. The standard InChI is InChI=1S/C14H23NO2/c1-10(2)16-13-6-7-14(17-11(3)4)12(8-13)9-15-5/h6-8,10-11,15H,9H2,1-5H3. The molecule has 3 nitrogen and oxygen atoms in total. The molecule has 0 unspecified atom stereocenters. The van der Waals surface area contributed by atoms with Crippen molar-refractivity contribution < 1.29 is 9.47 Å². The topological polar surface area (TPSA) is 30.5 Å². The predicted molar refractivity (Wildman–Crippen MR) is 70.7 cm³/mol. The summed E-state index contributed by atoms with van der Waals surface area (Å²) in [5, 5.41) is 3.14. The van der Waals surface area contributed by atoms with E-state index in [2.05, 4.69) is 5.32 Å². The zero-order valence-electron chi connectivity index (χ0n) is 11.4. The van der Waals surface area contributed by atoms with E-state index in [1.165, 1.54) is 0 Å². The molecule has 1 N–H and O–H groups in total. The molecular weight excluding hydrogens is 214 g/mol. The van der Waals surface area contributed by atoms with Crippen LogP contribution in [-0.2, 0) is 6.54 Å². The molecule has 96 valence electrons. The van der Waals surface area contributed by atoms with E-state index in [1.54, 1.807) is 0 Å². The van der Waals surface area contributed by atoms with Crippen LogP contribution in [0.25, 0.3) is 0 Å². The quantitative estimate of drug-likeness (QED) is 0.825. The van der Waals surface area contributed by atoms with Crippen molar-refractivity contribution in [3.63, 3.8) is 0 Å². The highest BCUT2D eigenvalue weighted by atomic mass is 16.5. The van der Waals surface area contributed by atoms with E-state index < -0.39 is 0 Å². The zero-order chi connectivity index (χ0) is 12.8. The van der Waals surface area contributed by atoms with E-state index >= 15 is 0 Å². The molecule has 1 rings (SSSR count). The van der Waals surface area contributed by atoms with Crippen LogP contribution in [-0.4, -0.2) is 19.3 Å². The fourth-order valence-corrected chi connectivity index (χ4v) is 1.60. The van der Waals surface area contributed by atoms with Crippen LogP contribution in [0.4, 0.5) is 0 Å². The number of benzene rings is 1. The summed E-state index contributed by atoms with van der Waals surface area (Å²) in [6, 6.07) is 5.97. The van der Waals surface area contributed by atoms with Crippen molar-refractivity contribution >= 4 is 0 Å². The molecule has 17 heavy (non-hydrogen) atoms. The summed E-state index contributed by atoms with van der Waals surface area (Å²) < 4.78 is 11.4. The number of ether oxygens (including phenoxy) is 2. The third-order valence-corrected chi connectivity index (χ3v) is 2.13. The first-order valence-corrected chi connectivity index (χ1v) is 6.13. The monoisotopic (exact) mass is 237 g/mol. The second-order valence-electron chi connectivity index (χ2n) is 4.63. The molecule has 0 saturated heterocycles. The maximum atomic E-state index is 5.76. The second kappa shape index (κ2) is 6.50. The Morgan fingerprint density at radius 2 is 1.71 bits per heavy atom. The minimum atomic E-state index is 0.183. The van der Waals surface area contributed by atoms with Crippen molar-refractivity contribution in [3.8, 4) is 11.5 Å². The molecular formula is C14H23NO2. The van der Waals surface area contributed by atoms with Gasteiger partial charge in [0.15, 0.2) is 0 Å². The first-order chi connectivity index (χ1) is 8.02. The Balaban J connectivity index is 2.90. The average molecular weight is 237 g/mol. The fraction of sp³-hybridized carbons (Fsp3) is 0.571. The van der Waals surface area contributed by atoms with Crippen molar-refractivity contribution in [2.45, 2.75) is 46.4 Å². The van der Waals surface area contributed by atoms with Gasteiger partial charge in [-0.25, -0.2) is 0 Å². The molecule has 0 aliphatic carbocycles. The van der Waals surface area contributed by atoms with Crippen LogP contribution in [0, 0.1) is 0 Å². The van der Waals surface area contributed by atoms with Crippen LogP contribution >= 0.6 is 0 Å². The molecule has 0 bridgehead atoms. The van der Waals surface area contributed by atoms with Gasteiger partial charge >= 0.3 is 0 Å². The van der Waals surface area contributed by atoms with Gasteiger partial charge in [-0.1, -0.05) is 0 Å². The SMILES string of the molecule is CNCc1cc(OC(C)C)ccc1OC(C)C. The summed E-state index contributed by atoms with van der Waals surface area (Å²) in [7, 11) is 1.93.